The molecule has 1 aliphatic heterocycles. The fraction of sp³-hybridized carbons (Fsp3) is 0.333. The second-order valence-corrected chi connectivity index (χ2v) is 8.83. The number of carbonyl (C=O) groups excluding carboxylic acids is 1. The molecule has 2 aromatic carbocycles. The summed E-state index contributed by atoms with van der Waals surface area (Å²) >= 11 is 3.35. The second-order valence-electron chi connectivity index (χ2n) is 6.72. The molecular formula is C21H22N2OS2. The summed E-state index contributed by atoms with van der Waals surface area (Å²) in [6, 6.07) is 16.7. The number of aryl methyl sites for hydroxylation is 1. The Morgan fingerprint density at radius 1 is 1.19 bits per heavy atom. The maximum Gasteiger partial charge on any atom is 0.233 e. The van der Waals surface area contributed by atoms with Crippen molar-refractivity contribution in [1.82, 2.24) is 9.88 Å². The van der Waals surface area contributed by atoms with E-state index in [0.29, 0.717) is 5.75 Å². The van der Waals surface area contributed by atoms with Crippen molar-refractivity contribution < 1.29 is 4.79 Å². The van der Waals surface area contributed by atoms with E-state index in [0.717, 1.165) is 41.2 Å². The third-order valence-corrected chi connectivity index (χ3v) is 6.94. The number of aromatic nitrogens is 1. The van der Waals surface area contributed by atoms with Crippen LogP contribution >= 0.6 is 23.1 Å². The molecule has 1 fully saturated rings. The van der Waals surface area contributed by atoms with Gasteiger partial charge in [-0.15, -0.1) is 23.1 Å². The summed E-state index contributed by atoms with van der Waals surface area (Å²) < 4.78 is 1.20. The van der Waals surface area contributed by atoms with Crippen LogP contribution in [-0.2, 0) is 4.79 Å². The third-order valence-electron chi connectivity index (χ3n) is 4.80. The van der Waals surface area contributed by atoms with Crippen LogP contribution in [-0.4, -0.2) is 28.1 Å². The van der Waals surface area contributed by atoms with E-state index in [-0.39, 0.29) is 11.9 Å². The molecule has 0 N–H and O–H groups in total. The molecule has 5 heteroatoms. The van der Waals surface area contributed by atoms with Crippen molar-refractivity contribution in [2.45, 2.75) is 37.1 Å². The number of amides is 1. The number of hydrogen-bond donors (Lipinski definition) is 0. The van der Waals surface area contributed by atoms with Gasteiger partial charge in [0.2, 0.25) is 5.91 Å². The number of rotatable bonds is 4. The SMILES string of the molecule is Cc1ccc(SCC(=O)N2CCCCC2c2nc3ccccc3s2)cc1. The molecule has 3 aromatic rings. The van der Waals surface area contributed by atoms with Crippen LogP contribution in [0, 0.1) is 6.92 Å². The molecule has 0 bridgehead atoms. The van der Waals surface area contributed by atoms with Gasteiger partial charge in [0.25, 0.3) is 0 Å². The molecule has 1 saturated heterocycles. The molecule has 0 saturated carbocycles. The number of para-hydroxylation sites is 1. The highest BCUT2D eigenvalue weighted by molar-refractivity contribution is 8.00. The predicted molar refractivity (Wildman–Crippen MR) is 110 cm³/mol. The van der Waals surface area contributed by atoms with Crippen LogP contribution in [0.25, 0.3) is 10.2 Å². The Morgan fingerprint density at radius 2 is 2.00 bits per heavy atom. The quantitative estimate of drug-likeness (QED) is 0.563. The molecular weight excluding hydrogens is 360 g/mol. The number of nitrogens with zero attached hydrogens (tertiary/aromatic N) is 2. The van der Waals surface area contributed by atoms with Gasteiger partial charge in [-0.1, -0.05) is 29.8 Å². The number of fused-ring (bicyclic) bond motifs is 1. The molecule has 3 nitrogen and oxygen atoms in total. The standard InChI is InChI=1S/C21H22N2OS2/c1-15-9-11-16(12-10-15)25-14-20(24)23-13-5-4-7-18(23)21-22-17-6-2-3-8-19(17)26-21/h2-3,6,8-12,18H,4-5,7,13-14H2,1H3. The number of carbonyl (C=O) groups is 1. The molecule has 0 radical (unpaired) electrons. The summed E-state index contributed by atoms with van der Waals surface area (Å²) in [7, 11) is 0. The minimum atomic E-state index is 0.132. The van der Waals surface area contributed by atoms with E-state index in [1.165, 1.54) is 10.3 Å². The summed E-state index contributed by atoms with van der Waals surface area (Å²) in [6.07, 6.45) is 3.26. The molecule has 1 amide bonds. The van der Waals surface area contributed by atoms with Gasteiger partial charge in [-0.25, -0.2) is 4.98 Å². The number of benzene rings is 2. The first-order valence-electron chi connectivity index (χ1n) is 9.05. The van der Waals surface area contributed by atoms with Crippen molar-refractivity contribution in [1.29, 1.82) is 0 Å². The van der Waals surface area contributed by atoms with Crippen molar-refractivity contribution >= 4 is 39.2 Å². The summed E-state index contributed by atoms with van der Waals surface area (Å²) in [5.74, 6) is 0.712. The first kappa shape index (κ1) is 17.6. The number of thioether (sulfide) groups is 1. The number of likely N-dealkylation sites (tertiary alicyclic amines) is 1. The van der Waals surface area contributed by atoms with Crippen LogP contribution in [0.4, 0.5) is 0 Å². The summed E-state index contributed by atoms with van der Waals surface area (Å²) in [5.41, 5.74) is 2.28. The monoisotopic (exact) mass is 382 g/mol. The van der Waals surface area contributed by atoms with Gasteiger partial charge >= 0.3 is 0 Å². The van der Waals surface area contributed by atoms with Crippen LogP contribution in [0.15, 0.2) is 53.4 Å². The Balaban J connectivity index is 1.49. The fourth-order valence-corrected chi connectivity index (χ4v) is 5.28. The Bertz CT molecular complexity index is 871. The number of thiazole rings is 1. The lowest BCUT2D eigenvalue weighted by Gasteiger charge is -2.34. The number of hydrogen-bond acceptors (Lipinski definition) is 4. The summed E-state index contributed by atoms with van der Waals surface area (Å²) in [6.45, 7) is 2.92. The van der Waals surface area contributed by atoms with Crippen LogP contribution in [0.2, 0.25) is 0 Å². The second kappa shape index (κ2) is 7.80. The average Bonchev–Trinajstić information content (AvgIpc) is 3.11. The molecule has 0 aliphatic carbocycles. The number of piperidine rings is 1. The molecule has 1 aliphatic rings. The summed E-state index contributed by atoms with van der Waals surface area (Å²) in [4.78, 5) is 20.9. The Kier molecular flexibility index (Phi) is 5.27. The smallest absolute Gasteiger partial charge is 0.233 e. The van der Waals surface area contributed by atoms with Gasteiger partial charge in [-0.2, -0.15) is 0 Å². The maximum absolute atomic E-state index is 12.9. The van der Waals surface area contributed by atoms with Crippen molar-refractivity contribution in [3.8, 4) is 0 Å². The lowest BCUT2D eigenvalue weighted by atomic mass is 10.0. The molecule has 26 heavy (non-hydrogen) atoms. The Labute approximate surface area is 162 Å². The van der Waals surface area contributed by atoms with Gasteiger partial charge in [0, 0.05) is 11.4 Å². The van der Waals surface area contributed by atoms with Gasteiger partial charge in [0.15, 0.2) is 0 Å². The lowest BCUT2D eigenvalue weighted by Crippen LogP contribution is -2.39. The van der Waals surface area contributed by atoms with E-state index >= 15 is 0 Å². The average molecular weight is 383 g/mol. The van der Waals surface area contributed by atoms with E-state index in [4.69, 9.17) is 4.98 Å². The Hall–Kier alpha value is -1.85. The van der Waals surface area contributed by atoms with Gasteiger partial charge in [-0.3, -0.25) is 4.79 Å². The van der Waals surface area contributed by atoms with Gasteiger partial charge in [-0.05, 0) is 50.5 Å². The van der Waals surface area contributed by atoms with Crippen molar-refractivity contribution in [3.63, 3.8) is 0 Å². The van der Waals surface area contributed by atoms with E-state index in [1.54, 1.807) is 23.1 Å². The maximum atomic E-state index is 12.9. The van der Waals surface area contributed by atoms with Crippen LogP contribution in [0.5, 0.6) is 0 Å². The largest absolute Gasteiger partial charge is 0.332 e. The molecule has 1 atom stereocenters. The lowest BCUT2D eigenvalue weighted by molar-refractivity contribution is -0.132. The van der Waals surface area contributed by atoms with Crippen LogP contribution in [0.1, 0.15) is 35.9 Å². The van der Waals surface area contributed by atoms with E-state index in [9.17, 15) is 4.79 Å². The van der Waals surface area contributed by atoms with Crippen molar-refractivity contribution in [3.05, 3.63) is 59.1 Å². The molecule has 0 spiro atoms. The highest BCUT2D eigenvalue weighted by Gasteiger charge is 2.30. The van der Waals surface area contributed by atoms with Gasteiger partial charge in [0.05, 0.1) is 22.0 Å². The molecule has 134 valence electrons. The van der Waals surface area contributed by atoms with Gasteiger partial charge in [0.1, 0.15) is 5.01 Å². The van der Waals surface area contributed by atoms with Crippen LogP contribution < -0.4 is 0 Å². The minimum absolute atomic E-state index is 0.132. The predicted octanol–water partition coefficient (Wildman–Crippen LogP) is 5.45. The topological polar surface area (TPSA) is 33.2 Å². The fourth-order valence-electron chi connectivity index (χ4n) is 3.38. The van der Waals surface area contributed by atoms with Crippen molar-refractivity contribution in [2.24, 2.45) is 0 Å². The van der Waals surface area contributed by atoms with Gasteiger partial charge < -0.3 is 4.90 Å². The highest BCUT2D eigenvalue weighted by Crippen LogP contribution is 2.36. The molecule has 4 rings (SSSR count). The molecule has 1 aromatic heterocycles. The third kappa shape index (κ3) is 3.79. The van der Waals surface area contributed by atoms with E-state index in [1.807, 2.05) is 12.1 Å². The molecule has 2 heterocycles. The Morgan fingerprint density at radius 3 is 2.81 bits per heavy atom. The summed E-state index contributed by atoms with van der Waals surface area (Å²) in [5, 5.41) is 1.08. The normalized spacial score (nSPS) is 17.6. The van der Waals surface area contributed by atoms with Crippen LogP contribution in [0.3, 0.4) is 0 Å². The zero-order valence-corrected chi connectivity index (χ0v) is 16.5. The van der Waals surface area contributed by atoms with Crippen molar-refractivity contribution in [2.75, 3.05) is 12.3 Å². The zero-order valence-electron chi connectivity index (χ0n) is 14.9. The minimum Gasteiger partial charge on any atom is -0.332 e. The molecule has 1 unspecified atom stereocenters. The first-order valence-corrected chi connectivity index (χ1v) is 10.9. The first-order chi connectivity index (χ1) is 12.7. The van der Waals surface area contributed by atoms with E-state index < -0.39 is 0 Å². The highest BCUT2D eigenvalue weighted by atomic mass is 32.2. The zero-order chi connectivity index (χ0) is 17.9. The van der Waals surface area contributed by atoms with E-state index in [2.05, 4.69) is 48.2 Å².